The van der Waals surface area contributed by atoms with Crippen molar-refractivity contribution in [1.82, 2.24) is 10.3 Å². The van der Waals surface area contributed by atoms with Gasteiger partial charge in [-0.25, -0.2) is 9.37 Å². The summed E-state index contributed by atoms with van der Waals surface area (Å²) in [4.78, 5) is 15.9. The van der Waals surface area contributed by atoms with E-state index < -0.39 is 0 Å². The van der Waals surface area contributed by atoms with Crippen molar-refractivity contribution in [2.24, 2.45) is 11.7 Å². The molecule has 0 radical (unpaired) electrons. The highest BCUT2D eigenvalue weighted by Gasteiger charge is 2.28. The number of nitrogens with two attached hydrogens (primary N) is 1. The largest absolute Gasteiger partial charge is 0.441 e. The van der Waals surface area contributed by atoms with Crippen LogP contribution < -0.4 is 11.1 Å². The first-order chi connectivity index (χ1) is 11.1. The van der Waals surface area contributed by atoms with E-state index in [1.165, 1.54) is 12.3 Å². The highest BCUT2D eigenvalue weighted by Crippen LogP contribution is 2.31. The lowest BCUT2D eigenvalue weighted by atomic mass is 10.2. The van der Waals surface area contributed by atoms with Crippen molar-refractivity contribution in [1.29, 1.82) is 0 Å². The minimum absolute atomic E-state index is 0.0494. The number of hydrogen-bond acceptors (Lipinski definition) is 4. The lowest BCUT2D eigenvalue weighted by molar-refractivity contribution is -0.121. The van der Waals surface area contributed by atoms with E-state index in [1.807, 2.05) is 0 Å². The lowest BCUT2D eigenvalue weighted by Gasteiger charge is -2.10. The Labute approximate surface area is 134 Å². The second-order valence-electron chi connectivity index (χ2n) is 5.90. The van der Waals surface area contributed by atoms with E-state index in [2.05, 4.69) is 10.3 Å². The molecule has 3 N–H and O–H groups in total. The van der Waals surface area contributed by atoms with E-state index >= 15 is 0 Å². The summed E-state index contributed by atoms with van der Waals surface area (Å²) in [5.41, 5.74) is 6.30. The molecule has 1 aliphatic rings. The second-order valence-corrected chi connectivity index (χ2v) is 5.90. The van der Waals surface area contributed by atoms with Crippen molar-refractivity contribution in [2.45, 2.75) is 31.7 Å². The van der Waals surface area contributed by atoms with Crippen LogP contribution in [0.2, 0.25) is 0 Å². The first kappa shape index (κ1) is 15.7. The second kappa shape index (κ2) is 6.91. The zero-order valence-corrected chi connectivity index (χ0v) is 12.8. The number of nitrogens with one attached hydrogen (secondary N) is 1. The molecule has 2 aromatic rings. The Morgan fingerprint density at radius 3 is 2.96 bits per heavy atom. The topological polar surface area (TPSA) is 81.1 Å². The Balaban J connectivity index is 1.49. The fourth-order valence-corrected chi connectivity index (χ4v) is 2.44. The summed E-state index contributed by atoms with van der Waals surface area (Å²) in [5.74, 6) is 0.915. The maximum Gasteiger partial charge on any atom is 0.220 e. The van der Waals surface area contributed by atoms with Gasteiger partial charge in [-0.05, 0) is 30.9 Å². The molecular formula is C17H20FN3O2. The normalized spacial score (nSPS) is 15.4. The number of carbonyl (C=O) groups excluding carboxylic acids is 1. The minimum atomic E-state index is -0.359. The van der Waals surface area contributed by atoms with Crippen molar-refractivity contribution < 1.29 is 13.6 Å². The molecular weight excluding hydrogens is 297 g/mol. The summed E-state index contributed by atoms with van der Waals surface area (Å²) in [6, 6.07) is 6.40. The molecule has 1 unspecified atom stereocenters. The van der Waals surface area contributed by atoms with Crippen molar-refractivity contribution in [3.8, 4) is 11.3 Å². The Bertz CT molecular complexity index is 682. The summed E-state index contributed by atoms with van der Waals surface area (Å²) in [7, 11) is 0. The zero-order valence-electron chi connectivity index (χ0n) is 12.8. The highest BCUT2D eigenvalue weighted by atomic mass is 19.1. The third kappa shape index (κ3) is 4.16. The monoisotopic (exact) mass is 317 g/mol. The molecule has 0 saturated heterocycles. The summed E-state index contributed by atoms with van der Waals surface area (Å²) < 4.78 is 19.2. The predicted octanol–water partition coefficient (Wildman–Crippen LogP) is 2.27. The van der Waals surface area contributed by atoms with E-state index in [1.54, 1.807) is 18.2 Å². The van der Waals surface area contributed by atoms with Crippen molar-refractivity contribution in [2.75, 3.05) is 6.54 Å². The molecule has 1 heterocycles. The minimum Gasteiger partial charge on any atom is -0.441 e. The molecule has 1 amide bonds. The van der Waals surface area contributed by atoms with Gasteiger partial charge in [-0.3, -0.25) is 4.79 Å². The summed E-state index contributed by atoms with van der Waals surface area (Å²) in [6.45, 7) is 0.509. The van der Waals surface area contributed by atoms with E-state index in [9.17, 15) is 9.18 Å². The Hall–Kier alpha value is -2.21. The van der Waals surface area contributed by atoms with Crippen LogP contribution in [0.3, 0.4) is 0 Å². The lowest BCUT2D eigenvalue weighted by Crippen LogP contribution is -2.38. The number of rotatable bonds is 7. The van der Waals surface area contributed by atoms with Crippen molar-refractivity contribution in [3.63, 3.8) is 0 Å². The first-order valence-electron chi connectivity index (χ1n) is 7.85. The van der Waals surface area contributed by atoms with Gasteiger partial charge in [-0.1, -0.05) is 12.1 Å². The van der Waals surface area contributed by atoms with Crippen LogP contribution in [-0.2, 0) is 11.2 Å². The van der Waals surface area contributed by atoms with E-state index in [-0.39, 0.29) is 24.2 Å². The maximum atomic E-state index is 13.7. The van der Waals surface area contributed by atoms with Crippen LogP contribution in [0.25, 0.3) is 11.3 Å². The van der Waals surface area contributed by atoms with Gasteiger partial charge < -0.3 is 15.5 Å². The van der Waals surface area contributed by atoms with Crippen LogP contribution >= 0.6 is 0 Å². The number of amides is 1. The van der Waals surface area contributed by atoms with Crippen molar-refractivity contribution in [3.05, 3.63) is 42.2 Å². The maximum absolute atomic E-state index is 13.7. The molecule has 0 aliphatic heterocycles. The molecule has 5 nitrogen and oxygen atoms in total. The van der Waals surface area contributed by atoms with Crippen LogP contribution in [0.15, 0.2) is 34.9 Å². The number of hydrogen-bond donors (Lipinski definition) is 2. The smallest absolute Gasteiger partial charge is 0.220 e. The molecule has 23 heavy (non-hydrogen) atoms. The number of aryl methyl sites for hydroxylation is 1. The number of aromatic nitrogens is 1. The van der Waals surface area contributed by atoms with Gasteiger partial charge in [-0.2, -0.15) is 0 Å². The fraction of sp³-hybridized carbons (Fsp3) is 0.412. The average Bonchev–Trinajstić information content (AvgIpc) is 3.30. The molecule has 6 heteroatoms. The third-order valence-corrected chi connectivity index (χ3v) is 4.02. The SMILES string of the molecule is NC(CNC(=O)CCc1ncc(-c2ccccc2F)o1)C1CC1. The predicted molar refractivity (Wildman–Crippen MR) is 83.9 cm³/mol. The Morgan fingerprint density at radius 1 is 1.43 bits per heavy atom. The number of benzene rings is 1. The van der Waals surface area contributed by atoms with Gasteiger partial charge in [0.15, 0.2) is 11.7 Å². The zero-order chi connectivity index (χ0) is 16.2. The van der Waals surface area contributed by atoms with Gasteiger partial charge in [0.2, 0.25) is 5.91 Å². The van der Waals surface area contributed by atoms with Crippen molar-refractivity contribution >= 4 is 5.91 Å². The van der Waals surface area contributed by atoms with Crippen LogP contribution in [0.4, 0.5) is 4.39 Å². The molecule has 1 aromatic heterocycles. The summed E-state index contributed by atoms with van der Waals surface area (Å²) >= 11 is 0. The van der Waals surface area contributed by atoms with E-state index in [4.69, 9.17) is 10.2 Å². The van der Waals surface area contributed by atoms with Gasteiger partial charge in [0, 0.05) is 25.4 Å². The third-order valence-electron chi connectivity index (χ3n) is 4.02. The number of nitrogens with zero attached hydrogens (tertiary/aromatic N) is 1. The van der Waals surface area contributed by atoms with E-state index in [0.29, 0.717) is 36.1 Å². The molecule has 3 rings (SSSR count). The van der Waals surface area contributed by atoms with Crippen LogP contribution in [0, 0.1) is 11.7 Å². The van der Waals surface area contributed by atoms with Crippen LogP contribution in [0.5, 0.6) is 0 Å². The first-order valence-corrected chi connectivity index (χ1v) is 7.85. The molecule has 1 aromatic carbocycles. The van der Waals surface area contributed by atoms with Gasteiger partial charge in [0.05, 0.1) is 11.8 Å². The number of oxazole rings is 1. The highest BCUT2D eigenvalue weighted by molar-refractivity contribution is 5.76. The van der Waals surface area contributed by atoms with Crippen LogP contribution in [-0.4, -0.2) is 23.5 Å². The fourth-order valence-electron chi connectivity index (χ4n) is 2.44. The molecule has 1 atom stereocenters. The molecule has 1 saturated carbocycles. The van der Waals surface area contributed by atoms with Gasteiger partial charge in [0.1, 0.15) is 5.82 Å². The van der Waals surface area contributed by atoms with Gasteiger partial charge in [-0.15, -0.1) is 0 Å². The van der Waals surface area contributed by atoms with Gasteiger partial charge >= 0.3 is 0 Å². The standard InChI is InChI=1S/C17H20FN3O2/c18-13-4-2-1-3-12(13)15-10-21-17(23-15)8-7-16(22)20-9-14(19)11-5-6-11/h1-4,10-11,14H,5-9,19H2,(H,20,22). The molecule has 0 spiro atoms. The Morgan fingerprint density at radius 2 is 2.22 bits per heavy atom. The summed E-state index contributed by atoms with van der Waals surface area (Å²) in [6.07, 6.45) is 4.45. The molecule has 1 aliphatic carbocycles. The van der Waals surface area contributed by atoms with E-state index in [0.717, 1.165) is 12.8 Å². The van der Waals surface area contributed by atoms with Gasteiger partial charge in [0.25, 0.3) is 0 Å². The summed E-state index contributed by atoms with van der Waals surface area (Å²) in [5, 5.41) is 2.83. The van der Waals surface area contributed by atoms with Crippen LogP contribution in [0.1, 0.15) is 25.2 Å². The number of carbonyl (C=O) groups is 1. The molecule has 1 fully saturated rings. The quantitative estimate of drug-likeness (QED) is 0.821. The average molecular weight is 317 g/mol. The molecule has 122 valence electrons. The Kier molecular flexibility index (Phi) is 4.71. The molecule has 0 bridgehead atoms. The number of halogens is 1.